The van der Waals surface area contributed by atoms with Crippen LogP contribution in [0.5, 0.6) is 5.75 Å². The molecule has 200 valence electrons. The number of esters is 1. The summed E-state index contributed by atoms with van der Waals surface area (Å²) < 4.78 is 40.1. The van der Waals surface area contributed by atoms with E-state index >= 15 is 4.39 Å². The van der Waals surface area contributed by atoms with Crippen molar-refractivity contribution in [3.63, 3.8) is 0 Å². The van der Waals surface area contributed by atoms with Crippen molar-refractivity contribution < 1.29 is 22.9 Å². The van der Waals surface area contributed by atoms with Gasteiger partial charge in [0.1, 0.15) is 12.4 Å². The van der Waals surface area contributed by atoms with Gasteiger partial charge >= 0.3 is 5.97 Å². The van der Waals surface area contributed by atoms with Crippen molar-refractivity contribution in [2.75, 3.05) is 12.4 Å². The summed E-state index contributed by atoms with van der Waals surface area (Å²) in [5.41, 5.74) is 3.19. The second kappa shape index (κ2) is 12.2. The van der Waals surface area contributed by atoms with Gasteiger partial charge < -0.3 is 9.47 Å². The Bertz CT molecular complexity index is 1460. The number of carbonyl (C=O) groups excluding carboxylic acids is 1. The fourth-order valence-electron chi connectivity index (χ4n) is 4.11. The van der Waals surface area contributed by atoms with E-state index in [2.05, 4.69) is 4.98 Å². The molecule has 4 aromatic rings. The molecule has 0 aliphatic heterocycles. The van der Waals surface area contributed by atoms with Crippen LogP contribution in [0.3, 0.4) is 0 Å². The van der Waals surface area contributed by atoms with E-state index in [0.29, 0.717) is 35.8 Å². The van der Waals surface area contributed by atoms with Crippen LogP contribution in [-0.2, 0) is 39.8 Å². The largest absolute Gasteiger partial charge is 0.489 e. The van der Waals surface area contributed by atoms with Crippen LogP contribution in [0.1, 0.15) is 44.5 Å². The molecule has 38 heavy (non-hydrogen) atoms. The number of pyridine rings is 1. The third kappa shape index (κ3) is 6.66. The molecule has 0 saturated carbocycles. The van der Waals surface area contributed by atoms with Gasteiger partial charge in [0.15, 0.2) is 5.82 Å². The smallest absolute Gasteiger partial charge is 0.310 e. The molecule has 2 heterocycles. The second-order valence-corrected chi connectivity index (χ2v) is 13.1. The molecular formula is C30H32FNO4S2. The number of nitrogens with zero attached hydrogens (tertiary/aromatic N) is 1. The number of benzene rings is 2. The number of thiophene rings is 1. The molecule has 0 aliphatic carbocycles. The van der Waals surface area contributed by atoms with Gasteiger partial charge in [-0.2, -0.15) is 0 Å². The predicted molar refractivity (Wildman–Crippen MR) is 153 cm³/mol. The first kappa shape index (κ1) is 27.9. The zero-order chi connectivity index (χ0) is 27.3. The van der Waals surface area contributed by atoms with E-state index in [9.17, 15) is 9.00 Å². The summed E-state index contributed by atoms with van der Waals surface area (Å²) in [5, 5.41) is 2.98. The van der Waals surface area contributed by atoms with E-state index in [0.717, 1.165) is 26.8 Å². The van der Waals surface area contributed by atoms with Gasteiger partial charge in [-0.05, 0) is 74.4 Å². The predicted octanol–water partition coefficient (Wildman–Crippen LogP) is 6.88. The number of aryl methyl sites for hydroxylation is 1. The lowest BCUT2D eigenvalue weighted by molar-refractivity contribution is -0.142. The van der Waals surface area contributed by atoms with Crippen LogP contribution in [0.2, 0.25) is 0 Å². The summed E-state index contributed by atoms with van der Waals surface area (Å²) in [6.45, 7) is 8.11. The zero-order valence-corrected chi connectivity index (χ0v) is 23.7. The van der Waals surface area contributed by atoms with E-state index < -0.39 is 10.8 Å². The molecule has 4 rings (SSSR count). The number of fused-ring (bicyclic) bond motifs is 1. The molecule has 0 fully saturated rings. The van der Waals surface area contributed by atoms with Crippen molar-refractivity contribution in [3.05, 3.63) is 82.7 Å². The molecule has 1 atom stereocenters. The van der Waals surface area contributed by atoms with E-state index in [4.69, 9.17) is 9.47 Å². The van der Waals surface area contributed by atoms with Gasteiger partial charge in [-0.3, -0.25) is 14.0 Å². The molecule has 0 saturated heterocycles. The Hall–Kier alpha value is -3.10. The molecule has 0 spiro atoms. The summed E-state index contributed by atoms with van der Waals surface area (Å²) in [6, 6.07) is 15.1. The first-order valence-electron chi connectivity index (χ1n) is 12.6. The van der Waals surface area contributed by atoms with Gasteiger partial charge in [0, 0.05) is 55.3 Å². The fourth-order valence-corrected chi connectivity index (χ4v) is 6.01. The highest BCUT2D eigenvalue weighted by atomic mass is 32.2. The minimum atomic E-state index is -1.10. The number of para-hydroxylation sites is 1. The fraction of sp³-hybridized carbons (Fsp3) is 0.333. The molecule has 5 nitrogen and oxygen atoms in total. The monoisotopic (exact) mass is 553 g/mol. The maximum Gasteiger partial charge on any atom is 0.310 e. The van der Waals surface area contributed by atoms with Gasteiger partial charge in [-0.25, -0.2) is 4.39 Å². The van der Waals surface area contributed by atoms with Gasteiger partial charge in [-0.1, -0.05) is 18.2 Å². The Morgan fingerprint density at radius 3 is 2.66 bits per heavy atom. The van der Waals surface area contributed by atoms with Crippen molar-refractivity contribution in [2.45, 2.75) is 51.9 Å². The van der Waals surface area contributed by atoms with Crippen LogP contribution in [0.4, 0.5) is 4.39 Å². The van der Waals surface area contributed by atoms with Crippen LogP contribution in [-0.4, -0.2) is 32.3 Å². The van der Waals surface area contributed by atoms with E-state index in [1.54, 1.807) is 30.5 Å². The quantitative estimate of drug-likeness (QED) is 0.200. The minimum Gasteiger partial charge on any atom is -0.489 e. The SMILES string of the molecule is CCOC(=O)Cc1ccccc1OCc1cc(-c2ccnc(CC[S@@](=O)C(C)(C)C)c2F)c2sccc2c1. The van der Waals surface area contributed by atoms with Crippen molar-refractivity contribution >= 4 is 38.2 Å². The number of ether oxygens (including phenoxy) is 2. The lowest BCUT2D eigenvalue weighted by Crippen LogP contribution is -2.25. The average molecular weight is 554 g/mol. The Kier molecular flexibility index (Phi) is 8.95. The number of hydrogen-bond donors (Lipinski definition) is 0. The molecule has 0 amide bonds. The molecule has 2 aromatic carbocycles. The number of hydrogen-bond acceptors (Lipinski definition) is 6. The number of halogens is 1. The highest BCUT2D eigenvalue weighted by Gasteiger charge is 2.21. The van der Waals surface area contributed by atoms with E-state index in [1.807, 2.05) is 68.6 Å². The lowest BCUT2D eigenvalue weighted by atomic mass is 10.0. The molecule has 8 heteroatoms. The summed E-state index contributed by atoms with van der Waals surface area (Å²) in [5.74, 6) is 0.271. The number of carbonyl (C=O) groups is 1. The zero-order valence-electron chi connectivity index (χ0n) is 22.1. The Morgan fingerprint density at radius 2 is 1.89 bits per heavy atom. The standard InChI is InChI=1S/C30H32FNO4S2/c1-5-35-27(33)18-21-8-6-7-9-26(21)36-19-20-16-22-11-14-37-29(22)24(17-20)23-10-13-32-25(28(23)31)12-15-38(34)30(2,3)4/h6-11,13-14,16-17H,5,12,15,18-19H2,1-4H3/t38-/m1/s1. The molecule has 2 aromatic heterocycles. The molecule has 0 bridgehead atoms. The summed E-state index contributed by atoms with van der Waals surface area (Å²) in [7, 11) is -1.10. The molecule has 0 aliphatic rings. The van der Waals surface area contributed by atoms with Crippen molar-refractivity contribution in [2.24, 2.45) is 0 Å². The molecule has 0 unspecified atom stereocenters. The van der Waals surface area contributed by atoms with Crippen LogP contribution >= 0.6 is 11.3 Å². The van der Waals surface area contributed by atoms with Crippen LogP contribution in [0, 0.1) is 5.82 Å². The van der Waals surface area contributed by atoms with Gasteiger partial charge in [-0.15, -0.1) is 11.3 Å². The third-order valence-corrected chi connectivity index (χ3v) is 8.98. The summed E-state index contributed by atoms with van der Waals surface area (Å²) >= 11 is 1.55. The normalized spacial score (nSPS) is 12.4. The van der Waals surface area contributed by atoms with Crippen LogP contribution in [0.15, 0.2) is 60.1 Å². The average Bonchev–Trinajstić information content (AvgIpc) is 3.35. The summed E-state index contributed by atoms with van der Waals surface area (Å²) in [6.07, 6.45) is 2.04. The van der Waals surface area contributed by atoms with E-state index in [1.165, 1.54) is 0 Å². The topological polar surface area (TPSA) is 65.5 Å². The first-order valence-corrected chi connectivity index (χ1v) is 14.8. The van der Waals surface area contributed by atoms with Crippen molar-refractivity contribution in [3.8, 4) is 16.9 Å². The minimum absolute atomic E-state index is 0.129. The third-order valence-electron chi connectivity index (χ3n) is 6.08. The maximum absolute atomic E-state index is 15.7. The number of rotatable bonds is 10. The van der Waals surface area contributed by atoms with Crippen molar-refractivity contribution in [1.29, 1.82) is 0 Å². The Balaban J connectivity index is 1.61. The Labute approximate surface area is 229 Å². The molecule has 0 N–H and O–H groups in total. The van der Waals surface area contributed by atoms with Gasteiger partial charge in [0.2, 0.25) is 0 Å². The highest BCUT2D eigenvalue weighted by Crippen LogP contribution is 2.36. The number of aromatic nitrogens is 1. The first-order chi connectivity index (χ1) is 18.2. The van der Waals surface area contributed by atoms with Gasteiger partial charge in [0.05, 0.1) is 18.7 Å². The van der Waals surface area contributed by atoms with Crippen molar-refractivity contribution in [1.82, 2.24) is 4.98 Å². The highest BCUT2D eigenvalue weighted by molar-refractivity contribution is 7.86. The summed E-state index contributed by atoms with van der Waals surface area (Å²) in [4.78, 5) is 16.3. The van der Waals surface area contributed by atoms with E-state index in [-0.39, 0.29) is 29.6 Å². The molecule has 0 radical (unpaired) electrons. The maximum atomic E-state index is 15.7. The van der Waals surface area contributed by atoms with Gasteiger partial charge in [0.25, 0.3) is 0 Å². The Morgan fingerprint density at radius 1 is 1.11 bits per heavy atom. The second-order valence-electron chi connectivity index (χ2n) is 9.89. The van der Waals surface area contributed by atoms with Crippen LogP contribution in [0.25, 0.3) is 21.2 Å². The lowest BCUT2D eigenvalue weighted by Gasteiger charge is -2.17. The van der Waals surface area contributed by atoms with Crippen LogP contribution < -0.4 is 4.74 Å². The molecular weight excluding hydrogens is 521 g/mol.